The molecule has 1 saturated carbocycles. The van der Waals surface area contributed by atoms with Gasteiger partial charge in [-0.3, -0.25) is 19.2 Å². The zero-order valence-corrected chi connectivity index (χ0v) is 18.6. The van der Waals surface area contributed by atoms with Crippen LogP contribution in [-0.4, -0.2) is 66.3 Å². The van der Waals surface area contributed by atoms with Crippen LogP contribution in [0.1, 0.15) is 59.3 Å². The Hall–Kier alpha value is -2.16. The molecule has 0 aromatic rings. The summed E-state index contributed by atoms with van der Waals surface area (Å²) in [5, 5.41) is 8.70. The van der Waals surface area contributed by atoms with Crippen molar-refractivity contribution in [1.82, 2.24) is 20.9 Å². The minimum Gasteiger partial charge on any atom is -0.368 e. The van der Waals surface area contributed by atoms with E-state index in [0.717, 1.165) is 32.1 Å². The molecule has 1 aliphatic heterocycles. The van der Waals surface area contributed by atoms with Gasteiger partial charge in [0.15, 0.2) is 0 Å². The number of carbonyl (C=O) groups excluding carboxylic acids is 4. The molecule has 9 heteroatoms. The lowest BCUT2D eigenvalue weighted by Gasteiger charge is -2.34. The van der Waals surface area contributed by atoms with Gasteiger partial charge in [-0.25, -0.2) is 0 Å². The summed E-state index contributed by atoms with van der Waals surface area (Å²) in [7, 11) is 1.69. The summed E-state index contributed by atoms with van der Waals surface area (Å²) in [6, 6.07) is -2.26. The number of nitrogens with two attached hydrogens (primary N) is 1. The summed E-state index contributed by atoms with van der Waals surface area (Å²) in [6.07, 6.45) is 5.14. The van der Waals surface area contributed by atoms with Gasteiger partial charge >= 0.3 is 0 Å². The first kappa shape index (κ1) is 24.1. The molecule has 4 amide bonds. The smallest absolute Gasteiger partial charge is 0.246 e. The molecule has 0 radical (unpaired) electrons. The largest absolute Gasteiger partial charge is 0.368 e. The summed E-state index contributed by atoms with van der Waals surface area (Å²) in [4.78, 5) is 51.7. The first-order valence-electron chi connectivity index (χ1n) is 11.0. The molecule has 0 unspecified atom stereocenters. The first-order valence-corrected chi connectivity index (χ1v) is 11.0. The lowest BCUT2D eigenvalue weighted by molar-refractivity contribution is -0.142. The van der Waals surface area contributed by atoms with Crippen LogP contribution in [0.5, 0.6) is 0 Å². The molecular weight excluding hydrogens is 386 g/mol. The molecule has 5 N–H and O–H groups in total. The second kappa shape index (κ2) is 10.7. The predicted molar refractivity (Wildman–Crippen MR) is 113 cm³/mol. The number of hydrogen-bond acceptors (Lipinski definition) is 5. The summed E-state index contributed by atoms with van der Waals surface area (Å²) < 4.78 is 0. The summed E-state index contributed by atoms with van der Waals surface area (Å²) >= 11 is 0. The van der Waals surface area contributed by atoms with Crippen LogP contribution in [0.3, 0.4) is 0 Å². The molecule has 0 bridgehead atoms. The van der Waals surface area contributed by atoms with E-state index < -0.39 is 24.0 Å². The maximum Gasteiger partial charge on any atom is 0.246 e. The Kier molecular flexibility index (Phi) is 8.64. The van der Waals surface area contributed by atoms with E-state index in [1.165, 1.54) is 4.90 Å². The molecule has 1 heterocycles. The third-order valence-electron chi connectivity index (χ3n) is 6.29. The van der Waals surface area contributed by atoms with Gasteiger partial charge in [0.05, 0.1) is 6.04 Å². The molecule has 9 nitrogen and oxygen atoms in total. The molecule has 2 aliphatic rings. The van der Waals surface area contributed by atoms with Crippen molar-refractivity contribution in [3.8, 4) is 0 Å². The molecule has 0 aromatic heterocycles. The van der Waals surface area contributed by atoms with Gasteiger partial charge in [0, 0.05) is 18.5 Å². The second-order valence-corrected chi connectivity index (χ2v) is 8.90. The number of nitrogens with one attached hydrogen (secondary N) is 3. The third kappa shape index (κ3) is 5.93. The van der Waals surface area contributed by atoms with Gasteiger partial charge in [-0.15, -0.1) is 0 Å². The Morgan fingerprint density at radius 2 is 1.63 bits per heavy atom. The number of likely N-dealkylation sites (tertiary alicyclic amines) is 1. The van der Waals surface area contributed by atoms with Crippen molar-refractivity contribution in [2.45, 2.75) is 83.5 Å². The van der Waals surface area contributed by atoms with E-state index in [1.807, 2.05) is 0 Å². The van der Waals surface area contributed by atoms with Gasteiger partial charge in [-0.1, -0.05) is 33.1 Å². The average Bonchev–Trinajstić information content (AvgIpc) is 3.15. The highest BCUT2D eigenvalue weighted by Crippen LogP contribution is 2.29. The highest BCUT2D eigenvalue weighted by Gasteiger charge is 2.44. The number of amides is 4. The minimum absolute atomic E-state index is 0.0251. The number of carbonyl (C=O) groups is 4. The van der Waals surface area contributed by atoms with E-state index in [2.05, 4.69) is 16.0 Å². The number of hydrogen-bond donors (Lipinski definition) is 4. The fraction of sp³-hybridized carbons (Fsp3) is 0.810. The highest BCUT2D eigenvalue weighted by atomic mass is 16.2. The van der Waals surface area contributed by atoms with Gasteiger partial charge in [0.25, 0.3) is 0 Å². The van der Waals surface area contributed by atoms with Crippen LogP contribution < -0.4 is 21.7 Å². The Morgan fingerprint density at radius 1 is 1.00 bits per heavy atom. The normalized spacial score (nSPS) is 24.4. The van der Waals surface area contributed by atoms with Gasteiger partial charge in [-0.2, -0.15) is 0 Å². The van der Waals surface area contributed by atoms with Crippen molar-refractivity contribution in [1.29, 1.82) is 0 Å². The van der Waals surface area contributed by atoms with Crippen molar-refractivity contribution in [2.24, 2.45) is 17.6 Å². The van der Waals surface area contributed by atoms with E-state index in [1.54, 1.807) is 27.8 Å². The molecule has 4 atom stereocenters. The fourth-order valence-electron chi connectivity index (χ4n) is 4.26. The lowest BCUT2D eigenvalue weighted by Crippen LogP contribution is -2.58. The third-order valence-corrected chi connectivity index (χ3v) is 6.29. The van der Waals surface area contributed by atoms with Crippen molar-refractivity contribution in [3.63, 3.8) is 0 Å². The highest BCUT2D eigenvalue weighted by molar-refractivity contribution is 5.93. The number of rotatable bonds is 8. The monoisotopic (exact) mass is 423 g/mol. The van der Waals surface area contributed by atoms with Gasteiger partial charge < -0.3 is 26.6 Å². The molecule has 2 rings (SSSR count). The number of nitrogens with zero attached hydrogens (tertiary/aromatic N) is 1. The van der Waals surface area contributed by atoms with E-state index >= 15 is 0 Å². The summed E-state index contributed by atoms with van der Waals surface area (Å²) in [6.45, 7) is 5.52. The predicted octanol–water partition coefficient (Wildman–Crippen LogP) is -0.114. The molecule has 30 heavy (non-hydrogen) atoms. The molecule has 0 spiro atoms. The van der Waals surface area contributed by atoms with Crippen LogP contribution in [0.2, 0.25) is 0 Å². The maximum absolute atomic E-state index is 13.5. The van der Waals surface area contributed by atoms with E-state index in [9.17, 15) is 19.2 Å². The topological polar surface area (TPSA) is 134 Å². The van der Waals surface area contributed by atoms with E-state index in [-0.39, 0.29) is 48.6 Å². The summed E-state index contributed by atoms with van der Waals surface area (Å²) in [5.41, 5.74) is 5.59. The van der Waals surface area contributed by atoms with Gasteiger partial charge in [0.2, 0.25) is 23.6 Å². The molecule has 1 aliphatic carbocycles. The molecule has 2 fully saturated rings. The minimum atomic E-state index is -0.792. The standard InChI is InChI=1S/C21H37N5O4/c1-12(2)19(28)24-15-10-16(18(22)27)26(11-15)21(30)17(14-8-6-5-7-9-14)25-20(29)13(3)23-4/h12-17,23H,5-11H2,1-4H3,(H2,22,27)(H,24,28)(H,25,29)/t13-,15-,16-,17-/m0/s1. The van der Waals surface area contributed by atoms with Crippen molar-refractivity contribution in [3.05, 3.63) is 0 Å². The average molecular weight is 424 g/mol. The Morgan fingerprint density at radius 3 is 2.17 bits per heavy atom. The summed E-state index contributed by atoms with van der Waals surface area (Å²) in [5.74, 6) is -1.43. The molecule has 0 aromatic carbocycles. The Balaban J connectivity index is 2.21. The van der Waals surface area contributed by atoms with Crippen LogP contribution >= 0.6 is 0 Å². The fourth-order valence-corrected chi connectivity index (χ4v) is 4.26. The van der Waals surface area contributed by atoms with Crippen molar-refractivity contribution < 1.29 is 19.2 Å². The number of likely N-dealkylation sites (N-methyl/N-ethyl adjacent to an activating group) is 1. The van der Waals surface area contributed by atoms with Crippen LogP contribution in [0, 0.1) is 11.8 Å². The second-order valence-electron chi connectivity index (χ2n) is 8.90. The molecular formula is C21H37N5O4. The lowest BCUT2D eigenvalue weighted by atomic mass is 9.83. The van der Waals surface area contributed by atoms with Gasteiger partial charge in [0.1, 0.15) is 12.1 Å². The van der Waals surface area contributed by atoms with Crippen LogP contribution in [0.25, 0.3) is 0 Å². The van der Waals surface area contributed by atoms with Crippen LogP contribution in [0.15, 0.2) is 0 Å². The quantitative estimate of drug-likeness (QED) is 0.432. The zero-order chi connectivity index (χ0) is 22.4. The number of primary amides is 1. The molecule has 1 saturated heterocycles. The SMILES string of the molecule is CN[C@@H](C)C(=O)N[C@H](C(=O)N1C[C@@H](NC(=O)C(C)C)C[C@H]1C(N)=O)C1CCCCC1. The van der Waals surface area contributed by atoms with Crippen molar-refractivity contribution >= 4 is 23.6 Å². The van der Waals surface area contributed by atoms with E-state index in [0.29, 0.717) is 0 Å². The van der Waals surface area contributed by atoms with Gasteiger partial charge in [-0.05, 0) is 39.2 Å². The molecule has 170 valence electrons. The van der Waals surface area contributed by atoms with Crippen LogP contribution in [-0.2, 0) is 19.2 Å². The Bertz CT molecular complexity index is 647. The van der Waals surface area contributed by atoms with E-state index in [4.69, 9.17) is 5.73 Å². The van der Waals surface area contributed by atoms with Crippen LogP contribution in [0.4, 0.5) is 0 Å². The first-order chi connectivity index (χ1) is 14.1. The van der Waals surface area contributed by atoms with Crippen molar-refractivity contribution in [2.75, 3.05) is 13.6 Å². The zero-order valence-electron chi connectivity index (χ0n) is 18.6. The Labute approximate surface area is 178 Å². The maximum atomic E-state index is 13.5.